The van der Waals surface area contributed by atoms with Gasteiger partial charge in [-0.2, -0.15) is 11.8 Å². The van der Waals surface area contributed by atoms with Gasteiger partial charge in [0.2, 0.25) is 0 Å². The van der Waals surface area contributed by atoms with Crippen molar-refractivity contribution in [2.75, 3.05) is 17.2 Å². The van der Waals surface area contributed by atoms with Gasteiger partial charge in [0.05, 0.1) is 0 Å². The van der Waals surface area contributed by atoms with Crippen LogP contribution < -0.4 is 5.73 Å². The van der Waals surface area contributed by atoms with E-state index < -0.39 is 0 Å². The number of benzene rings is 1. The molecule has 2 N–H and O–H groups in total. The van der Waals surface area contributed by atoms with Crippen molar-refractivity contribution < 1.29 is 0 Å². The number of nitrogens with two attached hydrogens (primary N) is 1. The SMILES string of the molecule is CCSCCC(C)N1Cc2ccc(N)cc2C1. The van der Waals surface area contributed by atoms with E-state index in [0.717, 1.165) is 18.8 Å². The number of rotatable bonds is 5. The fourth-order valence-corrected chi connectivity index (χ4v) is 3.13. The third-order valence-electron chi connectivity index (χ3n) is 3.48. The second kappa shape index (κ2) is 5.78. The summed E-state index contributed by atoms with van der Waals surface area (Å²) in [5.74, 6) is 2.50. The van der Waals surface area contributed by atoms with Gasteiger partial charge in [0.15, 0.2) is 0 Å². The molecule has 0 saturated heterocycles. The summed E-state index contributed by atoms with van der Waals surface area (Å²) in [5, 5.41) is 0. The van der Waals surface area contributed by atoms with Crippen LogP contribution in [0.3, 0.4) is 0 Å². The van der Waals surface area contributed by atoms with Crippen molar-refractivity contribution in [3.63, 3.8) is 0 Å². The molecular formula is C14H22N2S. The number of nitrogens with zero attached hydrogens (tertiary/aromatic N) is 1. The van der Waals surface area contributed by atoms with Gasteiger partial charge in [0.25, 0.3) is 0 Å². The van der Waals surface area contributed by atoms with Gasteiger partial charge in [-0.1, -0.05) is 13.0 Å². The molecule has 1 heterocycles. The molecule has 0 amide bonds. The number of anilines is 1. The summed E-state index contributed by atoms with van der Waals surface area (Å²) in [5.41, 5.74) is 9.59. The number of fused-ring (bicyclic) bond motifs is 1. The van der Waals surface area contributed by atoms with E-state index in [1.807, 2.05) is 17.8 Å². The molecular weight excluding hydrogens is 228 g/mol. The van der Waals surface area contributed by atoms with Crippen LogP contribution in [0.5, 0.6) is 0 Å². The monoisotopic (exact) mass is 250 g/mol. The molecule has 2 rings (SSSR count). The first-order valence-electron chi connectivity index (χ1n) is 6.39. The summed E-state index contributed by atoms with van der Waals surface area (Å²) in [6, 6.07) is 6.99. The number of thioether (sulfide) groups is 1. The quantitative estimate of drug-likeness (QED) is 0.643. The molecule has 1 aliphatic heterocycles. The molecule has 0 radical (unpaired) electrons. The molecule has 1 unspecified atom stereocenters. The maximum atomic E-state index is 5.83. The highest BCUT2D eigenvalue weighted by molar-refractivity contribution is 7.99. The van der Waals surface area contributed by atoms with Crippen molar-refractivity contribution in [3.8, 4) is 0 Å². The van der Waals surface area contributed by atoms with E-state index in [0.29, 0.717) is 6.04 Å². The molecule has 1 aromatic carbocycles. The smallest absolute Gasteiger partial charge is 0.0317 e. The highest BCUT2D eigenvalue weighted by Crippen LogP contribution is 2.27. The van der Waals surface area contributed by atoms with Gasteiger partial charge in [-0.05, 0) is 48.1 Å². The van der Waals surface area contributed by atoms with Crippen LogP contribution in [0.15, 0.2) is 18.2 Å². The van der Waals surface area contributed by atoms with Gasteiger partial charge in [0, 0.05) is 24.8 Å². The molecule has 2 nitrogen and oxygen atoms in total. The van der Waals surface area contributed by atoms with Crippen LogP contribution in [0, 0.1) is 0 Å². The molecule has 94 valence electrons. The molecule has 0 aliphatic carbocycles. The first-order chi connectivity index (χ1) is 8.20. The average molecular weight is 250 g/mol. The van der Waals surface area contributed by atoms with Gasteiger partial charge in [-0.3, -0.25) is 4.90 Å². The number of nitrogen functional groups attached to an aromatic ring is 1. The second-order valence-electron chi connectivity index (χ2n) is 4.77. The normalized spacial score (nSPS) is 17.1. The minimum Gasteiger partial charge on any atom is -0.399 e. The minimum atomic E-state index is 0.669. The molecule has 0 aromatic heterocycles. The first-order valence-corrected chi connectivity index (χ1v) is 7.55. The Balaban J connectivity index is 1.90. The van der Waals surface area contributed by atoms with E-state index in [4.69, 9.17) is 5.73 Å². The maximum absolute atomic E-state index is 5.83. The average Bonchev–Trinajstić information content (AvgIpc) is 2.72. The van der Waals surface area contributed by atoms with Crippen LogP contribution in [-0.2, 0) is 13.1 Å². The predicted molar refractivity (Wildman–Crippen MR) is 77.2 cm³/mol. The summed E-state index contributed by atoms with van der Waals surface area (Å²) in [4.78, 5) is 2.56. The predicted octanol–water partition coefficient (Wildman–Crippen LogP) is 3.12. The largest absolute Gasteiger partial charge is 0.399 e. The van der Waals surface area contributed by atoms with Crippen molar-refractivity contribution in [3.05, 3.63) is 29.3 Å². The van der Waals surface area contributed by atoms with E-state index in [9.17, 15) is 0 Å². The molecule has 17 heavy (non-hydrogen) atoms. The van der Waals surface area contributed by atoms with E-state index >= 15 is 0 Å². The molecule has 0 saturated carbocycles. The summed E-state index contributed by atoms with van der Waals surface area (Å²) in [7, 11) is 0. The lowest BCUT2D eigenvalue weighted by molar-refractivity contribution is 0.209. The Labute approximate surface area is 109 Å². The maximum Gasteiger partial charge on any atom is 0.0317 e. The van der Waals surface area contributed by atoms with Crippen LogP contribution in [0.1, 0.15) is 31.4 Å². The van der Waals surface area contributed by atoms with Gasteiger partial charge in [-0.15, -0.1) is 0 Å². The number of hydrogen-bond acceptors (Lipinski definition) is 3. The molecule has 3 heteroatoms. The molecule has 0 fully saturated rings. The van der Waals surface area contributed by atoms with Crippen molar-refractivity contribution >= 4 is 17.4 Å². The zero-order valence-electron chi connectivity index (χ0n) is 10.8. The van der Waals surface area contributed by atoms with Crippen molar-refractivity contribution in [1.82, 2.24) is 4.90 Å². The molecule has 1 atom stereocenters. The van der Waals surface area contributed by atoms with E-state index in [2.05, 4.69) is 30.9 Å². The van der Waals surface area contributed by atoms with Crippen LogP contribution in [0.25, 0.3) is 0 Å². The molecule has 1 aromatic rings. The highest BCUT2D eigenvalue weighted by Gasteiger charge is 2.22. The fourth-order valence-electron chi connectivity index (χ4n) is 2.33. The van der Waals surface area contributed by atoms with Gasteiger partial charge in [0.1, 0.15) is 0 Å². The topological polar surface area (TPSA) is 29.3 Å². The molecule has 0 bridgehead atoms. The molecule has 0 spiro atoms. The lowest BCUT2D eigenvalue weighted by atomic mass is 10.1. The van der Waals surface area contributed by atoms with Crippen LogP contribution in [0.4, 0.5) is 5.69 Å². The third-order valence-corrected chi connectivity index (χ3v) is 4.42. The Hall–Kier alpha value is -0.670. The Kier molecular flexibility index (Phi) is 4.35. The first kappa shape index (κ1) is 12.8. The zero-order valence-corrected chi connectivity index (χ0v) is 11.6. The van der Waals surface area contributed by atoms with Crippen molar-refractivity contribution in [2.45, 2.75) is 39.4 Å². The van der Waals surface area contributed by atoms with E-state index in [1.165, 1.54) is 29.1 Å². The van der Waals surface area contributed by atoms with Gasteiger partial charge in [-0.25, -0.2) is 0 Å². The summed E-state index contributed by atoms with van der Waals surface area (Å²) in [6.45, 7) is 6.72. The number of hydrogen-bond donors (Lipinski definition) is 1. The zero-order chi connectivity index (χ0) is 12.3. The highest BCUT2D eigenvalue weighted by atomic mass is 32.2. The van der Waals surface area contributed by atoms with Crippen LogP contribution in [-0.4, -0.2) is 22.4 Å². The lowest BCUT2D eigenvalue weighted by Crippen LogP contribution is -2.28. The standard InChI is InChI=1S/C14H22N2S/c1-3-17-7-6-11(2)16-9-12-4-5-14(15)8-13(12)10-16/h4-5,8,11H,3,6-7,9-10,15H2,1-2H3. The lowest BCUT2D eigenvalue weighted by Gasteiger charge is -2.23. The van der Waals surface area contributed by atoms with Crippen molar-refractivity contribution in [1.29, 1.82) is 0 Å². The van der Waals surface area contributed by atoms with Crippen LogP contribution in [0.2, 0.25) is 0 Å². The summed E-state index contributed by atoms with van der Waals surface area (Å²) < 4.78 is 0. The van der Waals surface area contributed by atoms with Gasteiger partial charge >= 0.3 is 0 Å². The third kappa shape index (κ3) is 3.17. The minimum absolute atomic E-state index is 0.669. The van der Waals surface area contributed by atoms with E-state index in [-0.39, 0.29) is 0 Å². The summed E-state index contributed by atoms with van der Waals surface area (Å²) in [6.07, 6.45) is 1.28. The Bertz CT molecular complexity index is 378. The molecule has 1 aliphatic rings. The van der Waals surface area contributed by atoms with Crippen molar-refractivity contribution in [2.24, 2.45) is 0 Å². The summed E-state index contributed by atoms with van der Waals surface area (Å²) >= 11 is 2.03. The van der Waals surface area contributed by atoms with Gasteiger partial charge < -0.3 is 5.73 Å². The van der Waals surface area contributed by atoms with Crippen LogP contribution >= 0.6 is 11.8 Å². The Morgan fingerprint density at radius 3 is 2.88 bits per heavy atom. The second-order valence-corrected chi connectivity index (χ2v) is 6.16. The Morgan fingerprint density at radius 2 is 2.12 bits per heavy atom. The fraction of sp³-hybridized carbons (Fsp3) is 0.571. The van der Waals surface area contributed by atoms with E-state index in [1.54, 1.807) is 0 Å². The Morgan fingerprint density at radius 1 is 1.35 bits per heavy atom.